The van der Waals surface area contributed by atoms with Crippen LogP contribution in [0.25, 0.3) is 0 Å². The number of hydrogen-bond donors (Lipinski definition) is 2. The number of benzene rings is 2. The van der Waals surface area contributed by atoms with Crippen LogP contribution in [0.5, 0.6) is 5.75 Å². The van der Waals surface area contributed by atoms with Gasteiger partial charge in [-0.25, -0.2) is 4.79 Å². The predicted octanol–water partition coefficient (Wildman–Crippen LogP) is 6.36. The van der Waals surface area contributed by atoms with E-state index in [1.165, 1.54) is 17.7 Å². The summed E-state index contributed by atoms with van der Waals surface area (Å²) in [5.74, 6) is 0.729. The van der Waals surface area contributed by atoms with E-state index in [1.54, 1.807) is 0 Å². The lowest BCUT2D eigenvalue weighted by Crippen LogP contribution is -2.30. The molecule has 0 radical (unpaired) electrons. The number of halogens is 4. The second-order valence-electron chi connectivity index (χ2n) is 7.55. The highest BCUT2D eigenvalue weighted by Crippen LogP contribution is 2.31. The molecule has 2 aromatic rings. The molecule has 0 unspecified atom stereocenters. The second kappa shape index (κ2) is 9.52. The smallest absolute Gasteiger partial charge is 0.416 e. The molecule has 0 bridgehead atoms. The summed E-state index contributed by atoms with van der Waals surface area (Å²) in [7, 11) is 0. The van der Waals surface area contributed by atoms with Crippen LogP contribution in [0.2, 0.25) is 0 Å². The van der Waals surface area contributed by atoms with E-state index >= 15 is 0 Å². The quantitative estimate of drug-likeness (QED) is 0.480. The first-order valence-corrected chi connectivity index (χ1v) is 9.91. The Balaban J connectivity index is 1.72. The third-order valence-corrected chi connectivity index (χ3v) is 4.75. The van der Waals surface area contributed by atoms with E-state index in [2.05, 4.69) is 47.3 Å². The molecule has 158 valence electrons. The fraction of sp³-hybridized carbons (Fsp3) is 0.381. The van der Waals surface area contributed by atoms with Crippen molar-refractivity contribution in [3.05, 3.63) is 58.1 Å². The molecular formula is C21H24BrF3N2O2. The lowest BCUT2D eigenvalue weighted by Gasteiger charge is -2.20. The number of hydrogen-bond acceptors (Lipinski definition) is 2. The van der Waals surface area contributed by atoms with Crippen molar-refractivity contribution < 1.29 is 22.7 Å². The highest BCUT2D eigenvalue weighted by atomic mass is 79.9. The Morgan fingerprint density at radius 2 is 1.66 bits per heavy atom. The molecule has 0 heterocycles. The molecule has 2 rings (SSSR count). The summed E-state index contributed by atoms with van der Waals surface area (Å²) < 4.78 is 44.2. The van der Waals surface area contributed by atoms with Gasteiger partial charge in [0, 0.05) is 12.2 Å². The van der Waals surface area contributed by atoms with Crippen LogP contribution in [0.15, 0.2) is 46.9 Å². The van der Waals surface area contributed by atoms with Gasteiger partial charge >= 0.3 is 12.2 Å². The summed E-state index contributed by atoms with van der Waals surface area (Å²) >= 11 is 3.51. The normalized spacial score (nSPS) is 11.8. The van der Waals surface area contributed by atoms with Crippen molar-refractivity contribution in [1.29, 1.82) is 0 Å². The van der Waals surface area contributed by atoms with E-state index in [0.29, 0.717) is 19.6 Å². The van der Waals surface area contributed by atoms with E-state index in [0.717, 1.165) is 22.4 Å². The molecule has 2 aromatic carbocycles. The Labute approximate surface area is 177 Å². The van der Waals surface area contributed by atoms with Gasteiger partial charge in [-0.2, -0.15) is 13.2 Å². The van der Waals surface area contributed by atoms with E-state index in [-0.39, 0.29) is 11.1 Å². The van der Waals surface area contributed by atoms with Crippen LogP contribution in [-0.4, -0.2) is 19.2 Å². The number of carbonyl (C=O) groups excluding carboxylic acids is 1. The SMILES string of the molecule is CC(C)(C)c1ccc(OCCCNC(=O)Nc2ccc(C(F)(F)F)cc2)c(Br)c1. The third-order valence-electron chi connectivity index (χ3n) is 4.13. The lowest BCUT2D eigenvalue weighted by molar-refractivity contribution is -0.137. The van der Waals surface area contributed by atoms with Crippen LogP contribution >= 0.6 is 15.9 Å². The zero-order valence-corrected chi connectivity index (χ0v) is 18.1. The lowest BCUT2D eigenvalue weighted by atomic mass is 9.87. The number of alkyl halides is 3. The number of urea groups is 1. The van der Waals surface area contributed by atoms with E-state index in [9.17, 15) is 18.0 Å². The molecule has 2 N–H and O–H groups in total. The molecule has 2 amide bonds. The van der Waals surface area contributed by atoms with Crippen molar-refractivity contribution in [1.82, 2.24) is 5.32 Å². The first kappa shape index (κ1) is 23.1. The zero-order chi connectivity index (χ0) is 21.7. The number of nitrogens with one attached hydrogen (secondary N) is 2. The van der Waals surface area contributed by atoms with Gasteiger partial charge in [-0.15, -0.1) is 0 Å². The molecule has 0 saturated heterocycles. The third kappa shape index (κ3) is 7.27. The van der Waals surface area contributed by atoms with Gasteiger partial charge in [-0.3, -0.25) is 0 Å². The maximum absolute atomic E-state index is 12.5. The Bertz CT molecular complexity index is 831. The van der Waals surface area contributed by atoms with Crippen LogP contribution in [-0.2, 0) is 11.6 Å². The van der Waals surface area contributed by atoms with E-state index < -0.39 is 17.8 Å². The molecular weight excluding hydrogens is 449 g/mol. The summed E-state index contributed by atoms with van der Waals surface area (Å²) in [5, 5.41) is 5.13. The van der Waals surface area contributed by atoms with E-state index in [4.69, 9.17) is 4.74 Å². The Morgan fingerprint density at radius 3 is 2.21 bits per heavy atom. The van der Waals surface area contributed by atoms with Gasteiger partial charge in [0.2, 0.25) is 0 Å². The molecule has 8 heteroatoms. The van der Waals surface area contributed by atoms with Crippen molar-refractivity contribution in [3.8, 4) is 5.75 Å². The van der Waals surface area contributed by atoms with Gasteiger partial charge in [-0.05, 0) is 69.7 Å². The van der Waals surface area contributed by atoms with E-state index in [1.807, 2.05) is 18.2 Å². The van der Waals surface area contributed by atoms with Gasteiger partial charge in [0.25, 0.3) is 0 Å². The number of ether oxygens (including phenoxy) is 1. The largest absolute Gasteiger partial charge is 0.492 e. The fourth-order valence-electron chi connectivity index (χ4n) is 2.46. The number of rotatable bonds is 6. The number of carbonyl (C=O) groups is 1. The topological polar surface area (TPSA) is 50.4 Å². The second-order valence-corrected chi connectivity index (χ2v) is 8.41. The van der Waals surface area contributed by atoms with Crippen LogP contribution in [0.4, 0.5) is 23.7 Å². The minimum absolute atomic E-state index is 0.0470. The minimum atomic E-state index is -4.40. The molecule has 0 aliphatic heterocycles. The zero-order valence-electron chi connectivity index (χ0n) is 16.5. The predicted molar refractivity (Wildman–Crippen MR) is 111 cm³/mol. The maximum atomic E-state index is 12.5. The Kier molecular flexibility index (Phi) is 7.57. The molecule has 0 aliphatic rings. The standard InChI is InChI=1S/C21H24BrF3N2O2/c1-20(2,3)15-7-10-18(17(22)13-15)29-12-4-11-26-19(28)27-16-8-5-14(6-9-16)21(23,24)25/h5-10,13H,4,11-12H2,1-3H3,(H2,26,27,28). The highest BCUT2D eigenvalue weighted by molar-refractivity contribution is 9.10. The van der Waals surface area contributed by atoms with Crippen molar-refractivity contribution in [3.63, 3.8) is 0 Å². The van der Waals surface area contributed by atoms with Gasteiger partial charge in [0.15, 0.2) is 0 Å². The summed E-state index contributed by atoms with van der Waals surface area (Å²) in [6.07, 6.45) is -3.82. The average Bonchev–Trinajstić information content (AvgIpc) is 2.61. The average molecular weight is 473 g/mol. The number of anilines is 1. The molecule has 29 heavy (non-hydrogen) atoms. The Morgan fingerprint density at radius 1 is 1.03 bits per heavy atom. The Hall–Kier alpha value is -2.22. The molecule has 0 fully saturated rings. The van der Waals surface area contributed by atoms with Crippen molar-refractivity contribution in [2.24, 2.45) is 0 Å². The summed E-state index contributed by atoms with van der Waals surface area (Å²) in [6, 6.07) is 9.75. The van der Waals surface area contributed by atoms with Crippen LogP contribution < -0.4 is 15.4 Å². The molecule has 0 aromatic heterocycles. The minimum Gasteiger partial charge on any atom is -0.492 e. The van der Waals surface area contributed by atoms with Crippen molar-refractivity contribution in [2.75, 3.05) is 18.5 Å². The van der Waals surface area contributed by atoms with Crippen LogP contribution in [0.1, 0.15) is 38.3 Å². The molecule has 0 spiro atoms. The van der Waals surface area contributed by atoms with Gasteiger partial charge in [-0.1, -0.05) is 26.8 Å². The molecule has 0 aliphatic carbocycles. The van der Waals surface area contributed by atoms with Gasteiger partial charge in [0.1, 0.15) is 5.75 Å². The van der Waals surface area contributed by atoms with Crippen LogP contribution in [0.3, 0.4) is 0 Å². The summed E-state index contributed by atoms with van der Waals surface area (Å²) in [4.78, 5) is 11.8. The first-order chi connectivity index (χ1) is 13.5. The molecule has 0 saturated carbocycles. The summed E-state index contributed by atoms with van der Waals surface area (Å²) in [6.45, 7) is 7.18. The first-order valence-electron chi connectivity index (χ1n) is 9.12. The molecule has 4 nitrogen and oxygen atoms in total. The monoisotopic (exact) mass is 472 g/mol. The fourth-order valence-corrected chi connectivity index (χ4v) is 2.95. The van der Waals surface area contributed by atoms with Crippen LogP contribution in [0, 0.1) is 0 Å². The van der Waals surface area contributed by atoms with Crippen molar-refractivity contribution in [2.45, 2.75) is 38.8 Å². The molecule has 0 atom stereocenters. The van der Waals surface area contributed by atoms with Crippen molar-refractivity contribution >= 4 is 27.6 Å². The number of amides is 2. The highest BCUT2D eigenvalue weighted by Gasteiger charge is 2.29. The summed E-state index contributed by atoms with van der Waals surface area (Å²) in [5.41, 5.74) is 0.765. The van der Waals surface area contributed by atoms with Gasteiger partial charge in [0.05, 0.1) is 16.6 Å². The van der Waals surface area contributed by atoms with Gasteiger partial charge < -0.3 is 15.4 Å². The maximum Gasteiger partial charge on any atom is 0.416 e.